The van der Waals surface area contributed by atoms with Gasteiger partial charge >= 0.3 is 0 Å². The lowest BCUT2D eigenvalue weighted by atomic mass is 10.0. The van der Waals surface area contributed by atoms with Crippen molar-refractivity contribution < 1.29 is 9.53 Å². The zero-order chi connectivity index (χ0) is 17.5. The number of nitrogens with one attached hydrogen (secondary N) is 2. The number of H-pyrrole nitrogens is 1. The van der Waals surface area contributed by atoms with E-state index >= 15 is 0 Å². The van der Waals surface area contributed by atoms with E-state index in [1.165, 1.54) is 0 Å². The van der Waals surface area contributed by atoms with Crippen molar-refractivity contribution in [2.75, 3.05) is 6.61 Å². The zero-order valence-electron chi connectivity index (χ0n) is 14.1. The van der Waals surface area contributed by atoms with Crippen molar-refractivity contribution in [3.8, 4) is 5.75 Å². The number of carbonyl (C=O) groups is 1. The standard InChI is InChI=1S/C20H21N3O2/c1-2-25-17-10-8-16(9-11-17)20(24)23-18(14-19-21-12-13-22-19)15-6-4-3-5-7-15/h3-13,18H,2,14H2,1H3,(H,21,22)(H,23,24). The first-order valence-electron chi connectivity index (χ1n) is 8.33. The number of carbonyl (C=O) groups excluding carboxylic acids is 1. The Morgan fingerprint density at radius 1 is 1.16 bits per heavy atom. The molecule has 25 heavy (non-hydrogen) atoms. The molecule has 1 aromatic heterocycles. The number of imidazole rings is 1. The summed E-state index contributed by atoms with van der Waals surface area (Å²) in [6.07, 6.45) is 4.09. The Morgan fingerprint density at radius 2 is 1.92 bits per heavy atom. The van der Waals surface area contributed by atoms with Crippen molar-refractivity contribution in [2.24, 2.45) is 0 Å². The highest BCUT2D eigenvalue weighted by Gasteiger charge is 2.17. The molecule has 1 heterocycles. The predicted octanol–water partition coefficient (Wildman–Crippen LogP) is 3.52. The first kappa shape index (κ1) is 16.8. The van der Waals surface area contributed by atoms with E-state index < -0.39 is 0 Å². The Bertz CT molecular complexity index is 784. The fourth-order valence-electron chi connectivity index (χ4n) is 2.65. The molecule has 3 rings (SSSR count). The fraction of sp³-hybridized carbons (Fsp3) is 0.200. The molecular formula is C20H21N3O2. The van der Waals surface area contributed by atoms with Crippen LogP contribution in [0.5, 0.6) is 5.75 Å². The molecule has 0 saturated heterocycles. The topological polar surface area (TPSA) is 67.0 Å². The van der Waals surface area contributed by atoms with Crippen LogP contribution in [0, 0.1) is 0 Å². The summed E-state index contributed by atoms with van der Waals surface area (Å²) in [5, 5.41) is 3.10. The number of rotatable bonds is 7. The van der Waals surface area contributed by atoms with Crippen molar-refractivity contribution in [3.63, 3.8) is 0 Å². The van der Waals surface area contributed by atoms with Gasteiger partial charge in [0.15, 0.2) is 0 Å². The third-order valence-electron chi connectivity index (χ3n) is 3.89. The van der Waals surface area contributed by atoms with Crippen molar-refractivity contribution in [1.29, 1.82) is 0 Å². The van der Waals surface area contributed by atoms with Crippen LogP contribution in [0.2, 0.25) is 0 Å². The maximum Gasteiger partial charge on any atom is 0.251 e. The number of aromatic nitrogens is 2. The minimum absolute atomic E-state index is 0.122. The monoisotopic (exact) mass is 335 g/mol. The van der Waals surface area contributed by atoms with E-state index in [9.17, 15) is 4.79 Å². The average Bonchev–Trinajstić information content (AvgIpc) is 3.16. The van der Waals surface area contributed by atoms with Crippen LogP contribution in [0.25, 0.3) is 0 Å². The largest absolute Gasteiger partial charge is 0.494 e. The average molecular weight is 335 g/mol. The molecule has 0 aliphatic carbocycles. The number of amides is 1. The Morgan fingerprint density at radius 3 is 2.56 bits per heavy atom. The summed E-state index contributed by atoms with van der Waals surface area (Å²) in [6, 6.07) is 16.9. The third kappa shape index (κ3) is 4.47. The SMILES string of the molecule is CCOc1ccc(C(=O)NC(Cc2ncc[nH]2)c2ccccc2)cc1. The number of aromatic amines is 1. The van der Waals surface area contributed by atoms with Gasteiger partial charge in [-0.15, -0.1) is 0 Å². The summed E-state index contributed by atoms with van der Waals surface area (Å²) in [6.45, 7) is 2.53. The number of hydrogen-bond donors (Lipinski definition) is 2. The van der Waals surface area contributed by atoms with E-state index in [-0.39, 0.29) is 11.9 Å². The van der Waals surface area contributed by atoms with Gasteiger partial charge in [-0.3, -0.25) is 4.79 Å². The maximum absolute atomic E-state index is 12.6. The molecule has 0 bridgehead atoms. The number of hydrogen-bond acceptors (Lipinski definition) is 3. The molecule has 1 amide bonds. The highest BCUT2D eigenvalue weighted by atomic mass is 16.5. The van der Waals surface area contributed by atoms with Gasteiger partial charge in [-0.25, -0.2) is 4.98 Å². The first-order chi connectivity index (χ1) is 12.3. The van der Waals surface area contributed by atoms with Crippen LogP contribution in [0.4, 0.5) is 0 Å². The van der Waals surface area contributed by atoms with Gasteiger partial charge in [0.2, 0.25) is 0 Å². The van der Waals surface area contributed by atoms with Crippen LogP contribution in [-0.4, -0.2) is 22.5 Å². The summed E-state index contributed by atoms with van der Waals surface area (Å²) in [5.74, 6) is 1.47. The molecule has 5 nitrogen and oxygen atoms in total. The highest BCUT2D eigenvalue weighted by molar-refractivity contribution is 5.94. The molecule has 5 heteroatoms. The minimum atomic E-state index is -0.161. The summed E-state index contributed by atoms with van der Waals surface area (Å²) in [4.78, 5) is 20.0. The van der Waals surface area contributed by atoms with E-state index in [1.54, 1.807) is 24.5 Å². The quantitative estimate of drug-likeness (QED) is 0.694. The van der Waals surface area contributed by atoms with Crippen LogP contribution in [0.3, 0.4) is 0 Å². The first-order valence-corrected chi connectivity index (χ1v) is 8.33. The van der Waals surface area contributed by atoms with Gasteiger partial charge in [0.1, 0.15) is 11.6 Å². The third-order valence-corrected chi connectivity index (χ3v) is 3.89. The van der Waals surface area contributed by atoms with E-state index in [0.717, 1.165) is 17.1 Å². The summed E-state index contributed by atoms with van der Waals surface area (Å²) in [7, 11) is 0. The van der Waals surface area contributed by atoms with Crippen LogP contribution >= 0.6 is 0 Å². The molecule has 2 N–H and O–H groups in total. The summed E-state index contributed by atoms with van der Waals surface area (Å²) >= 11 is 0. The molecule has 0 aliphatic rings. The lowest BCUT2D eigenvalue weighted by Crippen LogP contribution is -2.30. The van der Waals surface area contributed by atoms with E-state index in [1.807, 2.05) is 49.4 Å². The Balaban J connectivity index is 1.76. The zero-order valence-corrected chi connectivity index (χ0v) is 14.1. The molecule has 0 fully saturated rings. The smallest absolute Gasteiger partial charge is 0.251 e. The molecule has 0 radical (unpaired) electrons. The van der Waals surface area contributed by atoms with Crippen LogP contribution in [0.1, 0.15) is 34.7 Å². The molecule has 0 spiro atoms. The normalized spacial score (nSPS) is 11.7. The molecule has 3 aromatic rings. The van der Waals surface area contributed by atoms with Crippen LogP contribution in [-0.2, 0) is 6.42 Å². The Kier molecular flexibility index (Phi) is 5.46. The number of benzene rings is 2. The van der Waals surface area contributed by atoms with Gasteiger partial charge < -0.3 is 15.0 Å². The molecule has 0 aliphatic heterocycles. The second kappa shape index (κ2) is 8.15. The molecule has 1 unspecified atom stereocenters. The number of nitrogens with zero attached hydrogens (tertiary/aromatic N) is 1. The van der Waals surface area contributed by atoms with Gasteiger partial charge in [0.25, 0.3) is 5.91 Å². The van der Waals surface area contributed by atoms with Crippen molar-refractivity contribution >= 4 is 5.91 Å². The van der Waals surface area contributed by atoms with Crippen LogP contribution in [0.15, 0.2) is 67.0 Å². The van der Waals surface area contributed by atoms with E-state index in [0.29, 0.717) is 18.6 Å². The van der Waals surface area contributed by atoms with E-state index in [4.69, 9.17) is 4.74 Å². The number of ether oxygens (including phenoxy) is 1. The van der Waals surface area contributed by atoms with Gasteiger partial charge in [0, 0.05) is 24.4 Å². The Hall–Kier alpha value is -3.08. The van der Waals surface area contributed by atoms with Crippen molar-refractivity contribution in [2.45, 2.75) is 19.4 Å². The maximum atomic E-state index is 12.6. The summed E-state index contributed by atoms with van der Waals surface area (Å²) < 4.78 is 5.42. The van der Waals surface area contributed by atoms with Gasteiger partial charge in [-0.2, -0.15) is 0 Å². The van der Waals surface area contributed by atoms with Gasteiger partial charge in [-0.05, 0) is 36.8 Å². The fourth-order valence-corrected chi connectivity index (χ4v) is 2.65. The minimum Gasteiger partial charge on any atom is -0.494 e. The van der Waals surface area contributed by atoms with Crippen molar-refractivity contribution in [1.82, 2.24) is 15.3 Å². The second-order valence-electron chi connectivity index (χ2n) is 5.63. The Labute approximate surface area is 147 Å². The lowest BCUT2D eigenvalue weighted by molar-refractivity contribution is 0.0936. The molecule has 0 saturated carbocycles. The lowest BCUT2D eigenvalue weighted by Gasteiger charge is -2.18. The molecule has 1 atom stereocenters. The van der Waals surface area contributed by atoms with Crippen molar-refractivity contribution in [3.05, 3.63) is 83.9 Å². The predicted molar refractivity (Wildman–Crippen MR) is 96.6 cm³/mol. The second-order valence-corrected chi connectivity index (χ2v) is 5.63. The highest BCUT2D eigenvalue weighted by Crippen LogP contribution is 2.18. The molecular weight excluding hydrogens is 314 g/mol. The van der Waals surface area contributed by atoms with Gasteiger partial charge in [-0.1, -0.05) is 30.3 Å². The van der Waals surface area contributed by atoms with E-state index in [2.05, 4.69) is 15.3 Å². The molecule has 2 aromatic carbocycles. The summed E-state index contributed by atoms with van der Waals surface area (Å²) in [5.41, 5.74) is 1.64. The van der Waals surface area contributed by atoms with Gasteiger partial charge in [0.05, 0.1) is 12.6 Å². The van der Waals surface area contributed by atoms with Crippen LogP contribution < -0.4 is 10.1 Å². The molecule has 128 valence electrons.